The van der Waals surface area contributed by atoms with Crippen LogP contribution in [0.2, 0.25) is 5.15 Å². The zero-order chi connectivity index (χ0) is 12.4. The third-order valence-electron chi connectivity index (χ3n) is 2.26. The van der Waals surface area contributed by atoms with Crippen LogP contribution in [0.5, 0.6) is 0 Å². The summed E-state index contributed by atoms with van der Waals surface area (Å²) in [5.41, 5.74) is 0.845. The van der Waals surface area contributed by atoms with Gasteiger partial charge in [0.05, 0.1) is 10.8 Å². The van der Waals surface area contributed by atoms with Gasteiger partial charge in [0.2, 0.25) is 0 Å². The van der Waals surface area contributed by atoms with E-state index in [1.165, 1.54) is 23.5 Å². The standard InChI is InChI=1S/C11H9Cl2FN2S/c1-16(8-4-2-7(14)3-5-8)11-15-10(13)9(6-12)17-11/h2-5H,6H2,1H3. The van der Waals surface area contributed by atoms with E-state index in [1.807, 2.05) is 11.9 Å². The molecule has 1 aromatic heterocycles. The minimum atomic E-state index is -0.263. The van der Waals surface area contributed by atoms with Crippen LogP contribution in [0.3, 0.4) is 0 Å². The highest BCUT2D eigenvalue weighted by Gasteiger charge is 2.13. The smallest absolute Gasteiger partial charge is 0.191 e. The van der Waals surface area contributed by atoms with Gasteiger partial charge in [-0.05, 0) is 24.3 Å². The summed E-state index contributed by atoms with van der Waals surface area (Å²) in [5, 5.41) is 1.16. The molecule has 90 valence electrons. The molecule has 1 aromatic carbocycles. The van der Waals surface area contributed by atoms with E-state index in [4.69, 9.17) is 23.2 Å². The zero-order valence-corrected chi connectivity index (χ0v) is 11.3. The number of anilines is 2. The lowest BCUT2D eigenvalue weighted by atomic mass is 10.3. The van der Waals surface area contributed by atoms with Gasteiger partial charge in [-0.1, -0.05) is 22.9 Å². The van der Waals surface area contributed by atoms with Crippen molar-refractivity contribution in [3.8, 4) is 0 Å². The molecular formula is C11H9Cl2FN2S. The van der Waals surface area contributed by atoms with Gasteiger partial charge in [0.25, 0.3) is 0 Å². The molecule has 2 rings (SSSR count). The number of halogens is 3. The second kappa shape index (κ2) is 5.21. The molecule has 17 heavy (non-hydrogen) atoms. The Morgan fingerprint density at radius 1 is 1.35 bits per heavy atom. The highest BCUT2D eigenvalue weighted by molar-refractivity contribution is 7.16. The van der Waals surface area contributed by atoms with Crippen LogP contribution in [0, 0.1) is 5.82 Å². The van der Waals surface area contributed by atoms with Crippen molar-refractivity contribution in [3.63, 3.8) is 0 Å². The molecule has 2 aromatic rings. The fraction of sp³-hybridized carbons (Fsp3) is 0.182. The van der Waals surface area contributed by atoms with Crippen LogP contribution in [0.1, 0.15) is 4.88 Å². The molecule has 0 aliphatic rings. The van der Waals surface area contributed by atoms with E-state index in [1.54, 1.807) is 12.1 Å². The van der Waals surface area contributed by atoms with Crippen LogP contribution < -0.4 is 4.90 Å². The maximum absolute atomic E-state index is 12.8. The van der Waals surface area contributed by atoms with E-state index in [0.717, 1.165) is 15.7 Å². The Morgan fingerprint density at radius 3 is 2.53 bits per heavy atom. The van der Waals surface area contributed by atoms with Gasteiger partial charge < -0.3 is 4.90 Å². The third kappa shape index (κ3) is 2.70. The lowest BCUT2D eigenvalue weighted by molar-refractivity contribution is 0.628. The molecule has 0 atom stereocenters. The zero-order valence-electron chi connectivity index (χ0n) is 8.95. The first kappa shape index (κ1) is 12.6. The molecule has 0 aliphatic heterocycles. The largest absolute Gasteiger partial charge is 0.321 e. The van der Waals surface area contributed by atoms with Crippen molar-refractivity contribution in [2.45, 2.75) is 5.88 Å². The van der Waals surface area contributed by atoms with E-state index < -0.39 is 0 Å². The molecule has 0 fully saturated rings. The summed E-state index contributed by atoms with van der Waals surface area (Å²) in [6.07, 6.45) is 0. The number of rotatable bonds is 3. The van der Waals surface area contributed by atoms with Gasteiger partial charge in [-0.3, -0.25) is 0 Å². The molecule has 0 amide bonds. The van der Waals surface area contributed by atoms with Crippen molar-refractivity contribution >= 4 is 45.4 Å². The molecule has 1 heterocycles. The van der Waals surface area contributed by atoms with Crippen molar-refractivity contribution in [2.75, 3.05) is 11.9 Å². The topological polar surface area (TPSA) is 16.1 Å². The van der Waals surface area contributed by atoms with Gasteiger partial charge in [-0.2, -0.15) is 0 Å². The van der Waals surface area contributed by atoms with Crippen molar-refractivity contribution in [1.82, 2.24) is 4.98 Å². The van der Waals surface area contributed by atoms with Gasteiger partial charge >= 0.3 is 0 Å². The van der Waals surface area contributed by atoms with E-state index in [-0.39, 0.29) is 5.82 Å². The lowest BCUT2D eigenvalue weighted by Gasteiger charge is -2.15. The number of aromatic nitrogens is 1. The fourth-order valence-electron chi connectivity index (χ4n) is 1.32. The molecule has 0 saturated heterocycles. The molecule has 2 nitrogen and oxygen atoms in total. The Balaban J connectivity index is 2.29. The molecule has 0 saturated carbocycles. The minimum Gasteiger partial charge on any atom is -0.321 e. The minimum absolute atomic E-state index is 0.263. The molecular weight excluding hydrogens is 282 g/mol. The van der Waals surface area contributed by atoms with Crippen molar-refractivity contribution in [1.29, 1.82) is 0 Å². The van der Waals surface area contributed by atoms with E-state index >= 15 is 0 Å². The number of nitrogens with zero attached hydrogens (tertiary/aromatic N) is 2. The molecule has 0 bridgehead atoms. The summed E-state index contributed by atoms with van der Waals surface area (Å²) in [5.74, 6) is 0.0779. The van der Waals surface area contributed by atoms with Crippen LogP contribution in [0.25, 0.3) is 0 Å². The molecule has 0 aliphatic carbocycles. The number of hydrogen-bond donors (Lipinski definition) is 0. The summed E-state index contributed by atoms with van der Waals surface area (Å²) in [6.45, 7) is 0. The van der Waals surface area contributed by atoms with Crippen LogP contribution >= 0.6 is 34.5 Å². The highest BCUT2D eigenvalue weighted by Crippen LogP contribution is 2.33. The Bertz CT molecular complexity index is 513. The Morgan fingerprint density at radius 2 is 2.00 bits per heavy atom. The quantitative estimate of drug-likeness (QED) is 0.777. The first-order valence-electron chi connectivity index (χ1n) is 4.82. The highest BCUT2D eigenvalue weighted by atomic mass is 35.5. The van der Waals surface area contributed by atoms with Crippen molar-refractivity contribution in [3.05, 3.63) is 40.1 Å². The van der Waals surface area contributed by atoms with Crippen molar-refractivity contribution in [2.24, 2.45) is 0 Å². The number of hydrogen-bond acceptors (Lipinski definition) is 3. The van der Waals surface area contributed by atoms with Crippen LogP contribution in [-0.2, 0) is 5.88 Å². The Kier molecular flexibility index (Phi) is 3.86. The van der Waals surface area contributed by atoms with Gasteiger partial charge in [-0.15, -0.1) is 11.6 Å². The first-order valence-corrected chi connectivity index (χ1v) is 6.55. The SMILES string of the molecule is CN(c1ccc(F)cc1)c1nc(Cl)c(CCl)s1. The predicted molar refractivity (Wildman–Crippen MR) is 71.1 cm³/mol. The summed E-state index contributed by atoms with van der Waals surface area (Å²) in [6, 6.07) is 6.18. The van der Waals surface area contributed by atoms with Crippen LogP contribution in [0.15, 0.2) is 24.3 Å². The van der Waals surface area contributed by atoms with Gasteiger partial charge in [0, 0.05) is 12.7 Å². The summed E-state index contributed by atoms with van der Waals surface area (Å²) >= 11 is 13.1. The fourth-order valence-corrected chi connectivity index (χ4v) is 2.78. The first-order chi connectivity index (χ1) is 8.11. The second-order valence-corrected chi connectivity index (χ2v) is 5.07. The number of alkyl halides is 1. The average Bonchev–Trinajstić information content (AvgIpc) is 2.70. The van der Waals surface area contributed by atoms with Gasteiger partial charge in [0.1, 0.15) is 11.0 Å². The van der Waals surface area contributed by atoms with Crippen molar-refractivity contribution < 1.29 is 4.39 Å². The number of benzene rings is 1. The van der Waals surface area contributed by atoms with E-state index in [9.17, 15) is 4.39 Å². The predicted octanol–water partition coefficient (Wildman–Crippen LogP) is 4.44. The maximum atomic E-state index is 12.8. The average molecular weight is 291 g/mol. The monoisotopic (exact) mass is 290 g/mol. The molecule has 0 N–H and O–H groups in total. The van der Waals surface area contributed by atoms with Gasteiger partial charge in [0.15, 0.2) is 5.13 Å². The molecule has 0 spiro atoms. The third-order valence-corrected chi connectivity index (χ3v) is 4.24. The van der Waals surface area contributed by atoms with Crippen LogP contribution in [-0.4, -0.2) is 12.0 Å². The summed E-state index contributed by atoms with van der Waals surface area (Å²) in [7, 11) is 1.85. The van der Waals surface area contributed by atoms with E-state index in [2.05, 4.69) is 4.98 Å². The van der Waals surface area contributed by atoms with E-state index in [0.29, 0.717) is 11.0 Å². The molecule has 6 heteroatoms. The number of thiazole rings is 1. The second-order valence-electron chi connectivity index (χ2n) is 3.38. The van der Waals surface area contributed by atoms with Gasteiger partial charge in [-0.25, -0.2) is 9.37 Å². The summed E-state index contributed by atoms with van der Waals surface area (Å²) in [4.78, 5) is 6.88. The lowest BCUT2D eigenvalue weighted by Crippen LogP contribution is -2.08. The molecule has 0 unspecified atom stereocenters. The maximum Gasteiger partial charge on any atom is 0.191 e. The Labute approximate surface area is 113 Å². The normalized spacial score (nSPS) is 10.6. The van der Waals surface area contributed by atoms with Crippen LogP contribution in [0.4, 0.5) is 15.2 Å². The molecule has 0 radical (unpaired) electrons. The summed E-state index contributed by atoms with van der Waals surface area (Å²) < 4.78 is 12.8. The Hall–Kier alpha value is -0.840.